The molecule has 2 nitrogen and oxygen atoms in total. The van der Waals surface area contributed by atoms with Gasteiger partial charge in [0.1, 0.15) is 4.88 Å². The van der Waals surface area contributed by atoms with E-state index >= 15 is 0 Å². The molecule has 5 heteroatoms. The molecule has 0 aromatic carbocycles. The van der Waals surface area contributed by atoms with Gasteiger partial charge in [-0.25, -0.2) is 4.79 Å². The Morgan fingerprint density at radius 2 is 2.40 bits per heavy atom. The molecule has 0 aliphatic carbocycles. The van der Waals surface area contributed by atoms with Crippen LogP contribution in [0.5, 0.6) is 0 Å². The number of rotatable bonds is 1. The zero-order valence-corrected chi connectivity index (χ0v) is 6.17. The van der Waals surface area contributed by atoms with E-state index < -0.39 is 11.1 Å². The Kier molecular flexibility index (Phi) is 1.92. The molecule has 0 bridgehead atoms. The Bertz CT molecular complexity index is 251. The molecule has 1 rings (SSSR count). The average Bonchev–Trinajstić information content (AvgIpc) is 2.13. The van der Waals surface area contributed by atoms with Gasteiger partial charge < -0.3 is 5.11 Å². The molecule has 0 radical (unpaired) electrons. The van der Waals surface area contributed by atoms with Crippen molar-refractivity contribution in [3.8, 4) is 0 Å². The van der Waals surface area contributed by atoms with Crippen LogP contribution in [0.15, 0.2) is 6.07 Å². The highest BCUT2D eigenvalue weighted by atomic mass is 35.5. The van der Waals surface area contributed by atoms with Crippen molar-refractivity contribution in [2.45, 2.75) is 0 Å². The van der Waals surface area contributed by atoms with Gasteiger partial charge in [-0.15, -0.1) is 0 Å². The molecule has 10 heavy (non-hydrogen) atoms. The van der Waals surface area contributed by atoms with Gasteiger partial charge in [-0.05, 0) is 6.07 Å². The van der Waals surface area contributed by atoms with Gasteiger partial charge in [0.15, 0.2) is 5.13 Å². The van der Waals surface area contributed by atoms with E-state index in [2.05, 4.69) is 0 Å². The van der Waals surface area contributed by atoms with Gasteiger partial charge in [-0.3, -0.25) is 0 Å². The number of halogens is 2. The van der Waals surface area contributed by atoms with Crippen molar-refractivity contribution in [2.75, 3.05) is 0 Å². The molecule has 1 heterocycles. The van der Waals surface area contributed by atoms with Gasteiger partial charge in [0.25, 0.3) is 0 Å². The number of hydrogen-bond acceptors (Lipinski definition) is 2. The lowest BCUT2D eigenvalue weighted by atomic mass is 10.5. The first-order valence-corrected chi connectivity index (χ1v) is 3.49. The third-order valence-electron chi connectivity index (χ3n) is 0.856. The molecular weight excluding hydrogens is 179 g/mol. The summed E-state index contributed by atoms with van der Waals surface area (Å²) in [6, 6.07) is 1.09. The number of carboxylic acids is 1. The highest BCUT2D eigenvalue weighted by molar-refractivity contribution is 7.12. The van der Waals surface area contributed by atoms with E-state index in [1.54, 1.807) is 0 Å². The van der Waals surface area contributed by atoms with Crippen LogP contribution < -0.4 is 0 Å². The summed E-state index contributed by atoms with van der Waals surface area (Å²) in [7, 11) is 0. The Balaban J connectivity index is 3.10. The largest absolute Gasteiger partial charge is 0.477 e. The van der Waals surface area contributed by atoms with Crippen LogP contribution in [0.1, 0.15) is 9.67 Å². The van der Waals surface area contributed by atoms with E-state index in [-0.39, 0.29) is 9.90 Å². The summed E-state index contributed by atoms with van der Waals surface area (Å²) in [5, 5.41) is 7.52. The van der Waals surface area contributed by atoms with E-state index in [9.17, 15) is 9.18 Å². The number of carboxylic acid groups (broad SMARTS) is 1. The molecule has 0 aliphatic heterocycles. The summed E-state index contributed by atoms with van der Waals surface area (Å²) >= 11 is 5.77. The lowest BCUT2D eigenvalue weighted by Gasteiger charge is -1.78. The van der Waals surface area contributed by atoms with Gasteiger partial charge in [0.05, 0.1) is 5.02 Å². The fraction of sp³-hybridized carbons (Fsp3) is 0. The maximum Gasteiger partial charge on any atom is 0.346 e. The Hall–Kier alpha value is -0.610. The third-order valence-corrected chi connectivity index (χ3v) is 2.15. The second-order valence-corrected chi connectivity index (χ2v) is 2.95. The van der Waals surface area contributed by atoms with Crippen LogP contribution in [0.4, 0.5) is 4.39 Å². The molecular formula is C5H2ClFO2S. The SMILES string of the molecule is O=C(O)c1cc(Cl)c(F)s1. The van der Waals surface area contributed by atoms with Crippen LogP contribution >= 0.6 is 22.9 Å². The first-order valence-electron chi connectivity index (χ1n) is 2.29. The Labute approximate surface area is 64.9 Å². The molecule has 0 spiro atoms. The second kappa shape index (κ2) is 2.56. The minimum atomic E-state index is -1.16. The first-order chi connectivity index (χ1) is 4.61. The second-order valence-electron chi connectivity index (χ2n) is 1.54. The molecule has 1 aromatic heterocycles. The van der Waals surface area contributed by atoms with Crippen molar-refractivity contribution >= 4 is 28.9 Å². The number of aromatic carboxylic acids is 1. The van der Waals surface area contributed by atoms with Crippen molar-refractivity contribution in [2.24, 2.45) is 0 Å². The summed E-state index contributed by atoms with van der Waals surface area (Å²) < 4.78 is 12.3. The Morgan fingerprint density at radius 3 is 2.60 bits per heavy atom. The van der Waals surface area contributed by atoms with E-state index in [1.165, 1.54) is 0 Å². The molecule has 0 saturated heterocycles. The molecule has 1 N–H and O–H groups in total. The molecule has 0 unspecified atom stereocenters. The minimum absolute atomic E-state index is 0.0810. The summed E-state index contributed by atoms with van der Waals surface area (Å²) in [6.07, 6.45) is 0. The molecule has 0 aliphatic rings. The van der Waals surface area contributed by atoms with E-state index in [4.69, 9.17) is 16.7 Å². The van der Waals surface area contributed by atoms with E-state index in [0.717, 1.165) is 6.07 Å². The van der Waals surface area contributed by atoms with Gasteiger partial charge in [0.2, 0.25) is 0 Å². The van der Waals surface area contributed by atoms with Crippen molar-refractivity contribution in [3.05, 3.63) is 21.1 Å². The van der Waals surface area contributed by atoms with Crippen LogP contribution in [-0.4, -0.2) is 11.1 Å². The first kappa shape index (κ1) is 7.50. The van der Waals surface area contributed by atoms with Crippen LogP contribution in [0.25, 0.3) is 0 Å². The van der Waals surface area contributed by atoms with E-state index in [1.807, 2.05) is 0 Å². The average molecular weight is 181 g/mol. The van der Waals surface area contributed by atoms with Crippen LogP contribution in [0.3, 0.4) is 0 Å². The fourth-order valence-electron chi connectivity index (χ4n) is 0.452. The normalized spacial score (nSPS) is 9.80. The van der Waals surface area contributed by atoms with Crippen molar-refractivity contribution in [1.29, 1.82) is 0 Å². The molecule has 1 aromatic rings. The third kappa shape index (κ3) is 1.27. The van der Waals surface area contributed by atoms with Crippen LogP contribution in [0, 0.1) is 5.13 Å². The minimum Gasteiger partial charge on any atom is -0.477 e. The van der Waals surface area contributed by atoms with Crippen molar-refractivity contribution in [3.63, 3.8) is 0 Å². The van der Waals surface area contributed by atoms with Crippen LogP contribution in [0.2, 0.25) is 5.02 Å². The van der Waals surface area contributed by atoms with E-state index in [0.29, 0.717) is 11.3 Å². The summed E-state index contributed by atoms with van der Waals surface area (Å²) in [4.78, 5) is 10.1. The maximum absolute atomic E-state index is 12.3. The standard InChI is InChI=1S/C5H2ClFO2S/c6-2-1-3(5(8)9)10-4(2)7/h1H,(H,8,9). The zero-order chi connectivity index (χ0) is 7.72. The lowest BCUT2D eigenvalue weighted by molar-refractivity contribution is 0.0702. The summed E-state index contributed by atoms with van der Waals surface area (Å²) in [6.45, 7) is 0. The zero-order valence-electron chi connectivity index (χ0n) is 4.60. The monoisotopic (exact) mass is 180 g/mol. The number of thiophene rings is 1. The van der Waals surface area contributed by atoms with Gasteiger partial charge in [0, 0.05) is 0 Å². The van der Waals surface area contributed by atoms with Gasteiger partial charge >= 0.3 is 5.97 Å². The molecule has 0 saturated carbocycles. The quantitative estimate of drug-likeness (QED) is 0.720. The summed E-state index contributed by atoms with van der Waals surface area (Å²) in [5.41, 5.74) is 0. The molecule has 54 valence electrons. The maximum atomic E-state index is 12.3. The predicted molar refractivity (Wildman–Crippen MR) is 36.2 cm³/mol. The molecule has 0 fully saturated rings. The number of hydrogen-bond donors (Lipinski definition) is 1. The molecule has 0 amide bonds. The van der Waals surface area contributed by atoms with Crippen molar-refractivity contribution in [1.82, 2.24) is 0 Å². The number of carbonyl (C=O) groups is 1. The Morgan fingerprint density at radius 1 is 1.80 bits per heavy atom. The summed E-state index contributed by atoms with van der Waals surface area (Å²) in [5.74, 6) is -1.16. The topological polar surface area (TPSA) is 37.3 Å². The predicted octanol–water partition coefficient (Wildman–Crippen LogP) is 2.24. The highest BCUT2D eigenvalue weighted by Gasteiger charge is 2.11. The lowest BCUT2D eigenvalue weighted by Crippen LogP contribution is -1.89. The fourth-order valence-corrected chi connectivity index (χ4v) is 1.36. The van der Waals surface area contributed by atoms with Gasteiger partial charge in [-0.2, -0.15) is 4.39 Å². The highest BCUT2D eigenvalue weighted by Crippen LogP contribution is 2.24. The smallest absolute Gasteiger partial charge is 0.346 e. The van der Waals surface area contributed by atoms with Crippen LogP contribution in [-0.2, 0) is 0 Å². The van der Waals surface area contributed by atoms with Crippen molar-refractivity contribution < 1.29 is 14.3 Å². The van der Waals surface area contributed by atoms with Gasteiger partial charge in [-0.1, -0.05) is 22.9 Å². The molecule has 0 atom stereocenters.